The zero-order valence-electron chi connectivity index (χ0n) is 9.91. The van der Waals surface area contributed by atoms with Gasteiger partial charge in [0.2, 0.25) is 0 Å². The quantitative estimate of drug-likeness (QED) is 0.866. The van der Waals surface area contributed by atoms with Gasteiger partial charge in [-0.1, -0.05) is 12.1 Å². The molecule has 2 aromatic rings. The van der Waals surface area contributed by atoms with E-state index in [9.17, 15) is 4.39 Å². The lowest BCUT2D eigenvalue weighted by molar-refractivity contribution is 0.343. The van der Waals surface area contributed by atoms with E-state index in [4.69, 9.17) is 9.47 Å². The number of ether oxygens (including phenoxy) is 2. The molecule has 1 heterocycles. The van der Waals surface area contributed by atoms with Crippen LogP contribution in [0.2, 0.25) is 0 Å². The van der Waals surface area contributed by atoms with Gasteiger partial charge in [0.25, 0.3) is 5.88 Å². The molecule has 0 radical (unpaired) electrons. The molecule has 0 fully saturated rings. The number of methoxy groups -OCH3 is 2. The fourth-order valence-corrected chi connectivity index (χ4v) is 2.11. The van der Waals surface area contributed by atoms with Crippen molar-refractivity contribution in [1.29, 1.82) is 0 Å². The van der Waals surface area contributed by atoms with Crippen LogP contribution in [0.4, 0.5) is 4.39 Å². The molecule has 0 unspecified atom stereocenters. The molecular formula is C13H11BrFNO2. The molecule has 0 amide bonds. The Morgan fingerprint density at radius 3 is 2.56 bits per heavy atom. The van der Waals surface area contributed by atoms with Crippen LogP contribution in [0.5, 0.6) is 11.6 Å². The highest BCUT2D eigenvalue weighted by Crippen LogP contribution is 2.35. The minimum Gasteiger partial charge on any atom is -0.491 e. The van der Waals surface area contributed by atoms with Crippen molar-refractivity contribution in [2.75, 3.05) is 14.2 Å². The van der Waals surface area contributed by atoms with Gasteiger partial charge in [0.1, 0.15) is 5.82 Å². The third kappa shape index (κ3) is 2.46. The van der Waals surface area contributed by atoms with Crippen molar-refractivity contribution in [2.45, 2.75) is 0 Å². The third-order valence-corrected chi connectivity index (χ3v) is 3.02. The topological polar surface area (TPSA) is 31.4 Å². The van der Waals surface area contributed by atoms with Gasteiger partial charge in [-0.3, -0.25) is 0 Å². The molecule has 0 aliphatic rings. The van der Waals surface area contributed by atoms with E-state index in [1.807, 2.05) is 0 Å². The number of rotatable bonds is 3. The summed E-state index contributed by atoms with van der Waals surface area (Å²) in [7, 11) is 3.04. The summed E-state index contributed by atoms with van der Waals surface area (Å²) in [5.74, 6) is 0.570. The van der Waals surface area contributed by atoms with Crippen LogP contribution in [0.3, 0.4) is 0 Å². The SMILES string of the molecule is COc1cc(Br)c(-c2cccc(F)c2)nc1OC. The maximum atomic E-state index is 13.2. The van der Waals surface area contributed by atoms with E-state index in [2.05, 4.69) is 20.9 Å². The highest BCUT2D eigenvalue weighted by atomic mass is 79.9. The zero-order valence-corrected chi connectivity index (χ0v) is 11.5. The van der Waals surface area contributed by atoms with E-state index < -0.39 is 0 Å². The van der Waals surface area contributed by atoms with Gasteiger partial charge in [-0.25, -0.2) is 9.37 Å². The average molecular weight is 312 g/mol. The predicted molar refractivity (Wildman–Crippen MR) is 70.4 cm³/mol. The molecule has 0 aliphatic carbocycles. The number of halogens is 2. The van der Waals surface area contributed by atoms with E-state index in [0.717, 1.165) is 0 Å². The third-order valence-electron chi connectivity index (χ3n) is 2.42. The van der Waals surface area contributed by atoms with Crippen LogP contribution < -0.4 is 9.47 Å². The number of pyridine rings is 1. The Morgan fingerprint density at radius 2 is 1.94 bits per heavy atom. The van der Waals surface area contributed by atoms with Crippen LogP contribution in [0.25, 0.3) is 11.3 Å². The second-order valence-electron chi connectivity index (χ2n) is 3.54. The van der Waals surface area contributed by atoms with Crippen molar-refractivity contribution in [1.82, 2.24) is 4.98 Å². The second kappa shape index (κ2) is 5.35. The molecular weight excluding hydrogens is 301 g/mol. The Balaban J connectivity index is 2.57. The molecule has 0 aliphatic heterocycles. The molecule has 1 aromatic heterocycles. The van der Waals surface area contributed by atoms with Crippen molar-refractivity contribution in [3.63, 3.8) is 0 Å². The van der Waals surface area contributed by atoms with Crippen molar-refractivity contribution >= 4 is 15.9 Å². The highest BCUT2D eigenvalue weighted by Gasteiger charge is 2.13. The van der Waals surface area contributed by atoms with Crippen LogP contribution in [0.15, 0.2) is 34.8 Å². The van der Waals surface area contributed by atoms with Crippen LogP contribution in [-0.4, -0.2) is 19.2 Å². The maximum Gasteiger partial charge on any atom is 0.257 e. The Hall–Kier alpha value is -1.62. The summed E-state index contributed by atoms with van der Waals surface area (Å²) < 4.78 is 24.2. The fraction of sp³-hybridized carbons (Fsp3) is 0.154. The van der Waals surface area contributed by atoms with Crippen molar-refractivity contribution in [2.24, 2.45) is 0 Å². The Bertz CT molecular complexity index is 575. The lowest BCUT2D eigenvalue weighted by Gasteiger charge is -2.10. The van der Waals surface area contributed by atoms with E-state index in [1.54, 1.807) is 18.2 Å². The summed E-state index contributed by atoms with van der Waals surface area (Å²) in [6.45, 7) is 0. The normalized spacial score (nSPS) is 10.2. The van der Waals surface area contributed by atoms with Gasteiger partial charge in [0, 0.05) is 16.1 Å². The summed E-state index contributed by atoms with van der Waals surface area (Å²) in [6.07, 6.45) is 0. The molecule has 0 atom stereocenters. The molecule has 3 nitrogen and oxygen atoms in total. The Morgan fingerprint density at radius 1 is 1.17 bits per heavy atom. The van der Waals surface area contributed by atoms with Crippen LogP contribution >= 0.6 is 15.9 Å². The zero-order chi connectivity index (χ0) is 13.1. The van der Waals surface area contributed by atoms with Gasteiger partial charge in [-0.15, -0.1) is 0 Å². The minimum absolute atomic E-state index is 0.309. The summed E-state index contributed by atoms with van der Waals surface area (Å²) in [4.78, 5) is 4.31. The molecule has 0 bridgehead atoms. The molecule has 18 heavy (non-hydrogen) atoms. The molecule has 2 rings (SSSR count). The van der Waals surface area contributed by atoms with Crippen LogP contribution in [-0.2, 0) is 0 Å². The molecule has 5 heteroatoms. The van der Waals surface area contributed by atoms with E-state index >= 15 is 0 Å². The first-order valence-corrected chi connectivity index (χ1v) is 5.99. The molecule has 94 valence electrons. The van der Waals surface area contributed by atoms with E-state index in [-0.39, 0.29) is 5.82 Å². The average Bonchev–Trinajstić information content (AvgIpc) is 2.38. The predicted octanol–water partition coefficient (Wildman–Crippen LogP) is 3.67. The van der Waals surface area contributed by atoms with Crippen molar-refractivity contribution in [3.05, 3.63) is 40.6 Å². The summed E-state index contributed by atoms with van der Waals surface area (Å²) in [6, 6.07) is 7.96. The van der Waals surface area contributed by atoms with Crippen molar-refractivity contribution in [3.8, 4) is 22.9 Å². The minimum atomic E-state index is -0.309. The number of nitrogens with zero attached hydrogens (tertiary/aromatic N) is 1. The van der Waals surface area contributed by atoms with Gasteiger partial charge < -0.3 is 9.47 Å². The molecule has 0 saturated heterocycles. The first-order chi connectivity index (χ1) is 8.65. The molecule has 1 aromatic carbocycles. The second-order valence-corrected chi connectivity index (χ2v) is 4.40. The number of aromatic nitrogens is 1. The molecule has 0 N–H and O–H groups in total. The largest absolute Gasteiger partial charge is 0.491 e. The number of hydrogen-bond acceptors (Lipinski definition) is 3. The summed E-state index contributed by atoms with van der Waals surface area (Å²) in [5.41, 5.74) is 1.27. The maximum absolute atomic E-state index is 13.2. The lowest BCUT2D eigenvalue weighted by atomic mass is 10.1. The fourth-order valence-electron chi connectivity index (χ4n) is 1.59. The lowest BCUT2D eigenvalue weighted by Crippen LogP contribution is -1.96. The van der Waals surface area contributed by atoms with Gasteiger partial charge in [-0.2, -0.15) is 0 Å². The number of benzene rings is 1. The van der Waals surface area contributed by atoms with Gasteiger partial charge >= 0.3 is 0 Å². The Kier molecular flexibility index (Phi) is 3.81. The Labute approximate surface area is 113 Å². The van der Waals surface area contributed by atoms with Gasteiger partial charge in [0.05, 0.1) is 19.9 Å². The van der Waals surface area contributed by atoms with Crippen LogP contribution in [0, 0.1) is 5.82 Å². The first-order valence-electron chi connectivity index (χ1n) is 5.20. The van der Waals surface area contributed by atoms with E-state index in [1.165, 1.54) is 26.4 Å². The summed E-state index contributed by atoms with van der Waals surface area (Å²) >= 11 is 3.39. The highest BCUT2D eigenvalue weighted by molar-refractivity contribution is 9.10. The standard InChI is InChI=1S/C13H11BrFNO2/c1-17-11-7-10(14)12(16-13(11)18-2)8-4-3-5-9(15)6-8/h3-7H,1-2H3. The molecule has 0 saturated carbocycles. The van der Waals surface area contributed by atoms with Gasteiger partial charge in [0.15, 0.2) is 5.75 Å². The van der Waals surface area contributed by atoms with E-state index in [0.29, 0.717) is 27.4 Å². The van der Waals surface area contributed by atoms with Crippen molar-refractivity contribution < 1.29 is 13.9 Å². The summed E-state index contributed by atoms with van der Waals surface area (Å²) in [5, 5.41) is 0. The smallest absolute Gasteiger partial charge is 0.257 e. The number of hydrogen-bond donors (Lipinski definition) is 0. The van der Waals surface area contributed by atoms with Crippen LogP contribution in [0.1, 0.15) is 0 Å². The molecule has 0 spiro atoms. The monoisotopic (exact) mass is 311 g/mol. The van der Waals surface area contributed by atoms with Gasteiger partial charge in [-0.05, 0) is 28.1 Å². The first kappa shape index (κ1) is 12.8.